The van der Waals surface area contributed by atoms with Crippen LogP contribution in [0.15, 0.2) is 0 Å². The quantitative estimate of drug-likeness (QED) is 0.0535. The van der Waals surface area contributed by atoms with Crippen molar-refractivity contribution in [2.24, 2.45) is 5.41 Å². The zero-order valence-electron chi connectivity index (χ0n) is 29.2. The van der Waals surface area contributed by atoms with E-state index in [-0.39, 0.29) is 0 Å². The molecule has 41 heavy (non-hydrogen) atoms. The van der Waals surface area contributed by atoms with E-state index in [1.165, 1.54) is 212 Å². The van der Waals surface area contributed by atoms with Gasteiger partial charge in [0.25, 0.3) is 0 Å². The van der Waals surface area contributed by atoms with Crippen LogP contribution in [-0.2, 0) is 4.79 Å². The van der Waals surface area contributed by atoms with E-state index in [0.29, 0.717) is 5.41 Å². The second-order valence-corrected chi connectivity index (χ2v) is 14.0. The van der Waals surface area contributed by atoms with Gasteiger partial charge in [0.2, 0.25) is 0 Å². The van der Waals surface area contributed by atoms with E-state index in [4.69, 9.17) is 0 Å². The maximum absolute atomic E-state index is 10.5. The Labute approximate surface area is 261 Å². The average molecular weight is 577 g/mol. The van der Waals surface area contributed by atoms with Gasteiger partial charge in [-0.15, -0.1) is 0 Å². The molecule has 246 valence electrons. The molecule has 0 heterocycles. The van der Waals surface area contributed by atoms with E-state index in [9.17, 15) is 4.79 Å². The first-order chi connectivity index (χ1) is 20.2. The molecule has 1 heteroatoms. The predicted molar refractivity (Wildman–Crippen MR) is 187 cm³/mol. The molecule has 0 aliphatic carbocycles. The molecule has 0 aliphatic heterocycles. The summed E-state index contributed by atoms with van der Waals surface area (Å²) in [6.45, 7) is 7.00. The third kappa shape index (κ3) is 29.5. The summed E-state index contributed by atoms with van der Waals surface area (Å²) >= 11 is 0. The van der Waals surface area contributed by atoms with Crippen LogP contribution in [0, 0.1) is 5.41 Å². The third-order valence-electron chi connectivity index (χ3n) is 9.96. The number of hydrogen-bond acceptors (Lipinski definition) is 1. The van der Waals surface area contributed by atoms with Gasteiger partial charge in [-0.2, -0.15) is 0 Å². The van der Waals surface area contributed by atoms with Gasteiger partial charge in [0, 0.05) is 6.42 Å². The Morgan fingerprint density at radius 3 is 0.780 bits per heavy atom. The second kappa shape index (κ2) is 34.2. The highest BCUT2D eigenvalue weighted by Crippen LogP contribution is 2.42. The number of unbranched alkanes of at least 4 members (excludes halogenated alkanes) is 27. The normalized spacial score (nSPS) is 11.9. The second-order valence-electron chi connectivity index (χ2n) is 14.0. The van der Waals surface area contributed by atoms with E-state index < -0.39 is 0 Å². The monoisotopic (exact) mass is 577 g/mol. The van der Waals surface area contributed by atoms with Gasteiger partial charge in [-0.25, -0.2) is 0 Å². The van der Waals surface area contributed by atoms with Crippen LogP contribution in [0.3, 0.4) is 0 Å². The molecule has 0 aromatic rings. The van der Waals surface area contributed by atoms with Gasteiger partial charge in [-0.1, -0.05) is 207 Å². The summed E-state index contributed by atoms with van der Waals surface area (Å²) in [6, 6.07) is 0. The van der Waals surface area contributed by atoms with Crippen molar-refractivity contribution in [1.29, 1.82) is 0 Å². The van der Waals surface area contributed by atoms with Crippen molar-refractivity contribution in [3.05, 3.63) is 0 Å². The van der Waals surface area contributed by atoms with E-state index >= 15 is 0 Å². The minimum atomic E-state index is 0.648. The molecule has 0 spiro atoms. The minimum Gasteiger partial charge on any atom is -0.303 e. The summed E-state index contributed by atoms with van der Waals surface area (Å²) in [4.78, 5) is 10.5. The molecule has 0 aliphatic rings. The van der Waals surface area contributed by atoms with Crippen molar-refractivity contribution in [1.82, 2.24) is 0 Å². The van der Waals surface area contributed by atoms with Crippen molar-refractivity contribution >= 4 is 6.29 Å². The molecule has 0 radical (unpaired) electrons. The molecular formula is C40H80O. The summed E-state index contributed by atoms with van der Waals surface area (Å²) in [5, 5.41) is 0. The topological polar surface area (TPSA) is 17.1 Å². The summed E-state index contributed by atoms with van der Waals surface area (Å²) in [5.41, 5.74) is 0.648. The number of carbonyl (C=O) groups is 1. The standard InChI is InChI=1S/C40H80O/c1-4-7-10-13-16-19-22-27-32-37-40(35-30-25-14-11-8-5-2,36-31-26-15-12-9-6-3)38-33-28-23-20-17-18-21-24-29-34-39-41/h39H,4-38H2,1-3H3. The fourth-order valence-electron chi connectivity index (χ4n) is 7.09. The number of hydrogen-bond donors (Lipinski definition) is 0. The van der Waals surface area contributed by atoms with Gasteiger partial charge >= 0.3 is 0 Å². The first kappa shape index (κ1) is 40.7. The molecule has 0 unspecified atom stereocenters. The van der Waals surface area contributed by atoms with Gasteiger partial charge in [-0.05, 0) is 37.5 Å². The van der Waals surface area contributed by atoms with Crippen LogP contribution in [0.5, 0.6) is 0 Å². The molecule has 0 N–H and O–H groups in total. The lowest BCUT2D eigenvalue weighted by Crippen LogP contribution is -2.21. The SMILES string of the molecule is CCCCCCCCCCCC(CCCCCCCC)(CCCCCCCC)CCCCCCCCCCCC=O. The largest absolute Gasteiger partial charge is 0.303 e. The minimum absolute atomic E-state index is 0.648. The number of aldehydes is 1. The highest BCUT2D eigenvalue weighted by atomic mass is 16.1. The van der Waals surface area contributed by atoms with Crippen molar-refractivity contribution in [2.75, 3.05) is 0 Å². The maximum atomic E-state index is 10.5. The molecule has 0 saturated heterocycles. The fourth-order valence-corrected chi connectivity index (χ4v) is 7.09. The molecule has 0 aromatic carbocycles. The Hall–Kier alpha value is -0.330. The van der Waals surface area contributed by atoms with Crippen LogP contribution in [0.1, 0.15) is 245 Å². The van der Waals surface area contributed by atoms with Crippen LogP contribution < -0.4 is 0 Å². The van der Waals surface area contributed by atoms with E-state index in [1.54, 1.807) is 0 Å². The summed E-state index contributed by atoms with van der Waals surface area (Å²) in [6.07, 6.45) is 50.6. The zero-order valence-corrected chi connectivity index (χ0v) is 29.2. The number of rotatable bonds is 36. The average Bonchev–Trinajstić information content (AvgIpc) is 2.98. The lowest BCUT2D eigenvalue weighted by Gasteiger charge is -2.35. The van der Waals surface area contributed by atoms with Crippen molar-refractivity contribution in [2.45, 2.75) is 245 Å². The van der Waals surface area contributed by atoms with Gasteiger partial charge in [0.1, 0.15) is 6.29 Å². The number of carbonyl (C=O) groups excluding carboxylic acids is 1. The molecular weight excluding hydrogens is 496 g/mol. The highest BCUT2D eigenvalue weighted by molar-refractivity contribution is 5.48. The van der Waals surface area contributed by atoms with Gasteiger partial charge < -0.3 is 4.79 Å². The van der Waals surface area contributed by atoms with Crippen molar-refractivity contribution < 1.29 is 4.79 Å². The molecule has 1 nitrogen and oxygen atoms in total. The van der Waals surface area contributed by atoms with Crippen LogP contribution >= 0.6 is 0 Å². The Balaban J connectivity index is 4.71. The van der Waals surface area contributed by atoms with Crippen molar-refractivity contribution in [3.63, 3.8) is 0 Å². The van der Waals surface area contributed by atoms with Crippen LogP contribution in [0.25, 0.3) is 0 Å². The van der Waals surface area contributed by atoms with Gasteiger partial charge in [0.15, 0.2) is 0 Å². The van der Waals surface area contributed by atoms with Crippen LogP contribution in [-0.4, -0.2) is 6.29 Å². The predicted octanol–water partition coefficient (Wildman–Crippen LogP) is 14.9. The van der Waals surface area contributed by atoms with Crippen molar-refractivity contribution in [3.8, 4) is 0 Å². The van der Waals surface area contributed by atoms with E-state index in [1.807, 2.05) is 0 Å². The van der Waals surface area contributed by atoms with Gasteiger partial charge in [0.05, 0.1) is 0 Å². The lowest BCUT2D eigenvalue weighted by molar-refractivity contribution is -0.107. The molecule has 0 saturated carbocycles. The Morgan fingerprint density at radius 2 is 0.537 bits per heavy atom. The van der Waals surface area contributed by atoms with E-state index in [0.717, 1.165) is 19.1 Å². The molecule has 0 aromatic heterocycles. The lowest BCUT2D eigenvalue weighted by atomic mass is 9.70. The highest BCUT2D eigenvalue weighted by Gasteiger charge is 2.28. The Bertz CT molecular complexity index is 467. The maximum Gasteiger partial charge on any atom is 0.119 e. The Morgan fingerprint density at radius 1 is 0.317 bits per heavy atom. The van der Waals surface area contributed by atoms with Crippen LogP contribution in [0.2, 0.25) is 0 Å². The smallest absolute Gasteiger partial charge is 0.119 e. The molecule has 0 bridgehead atoms. The van der Waals surface area contributed by atoms with Gasteiger partial charge in [-0.3, -0.25) is 0 Å². The first-order valence-corrected chi connectivity index (χ1v) is 19.7. The summed E-state index contributed by atoms with van der Waals surface area (Å²) in [7, 11) is 0. The zero-order chi connectivity index (χ0) is 30.0. The molecule has 0 fully saturated rings. The molecule has 0 rings (SSSR count). The Kier molecular flexibility index (Phi) is 33.9. The van der Waals surface area contributed by atoms with E-state index in [2.05, 4.69) is 20.8 Å². The summed E-state index contributed by atoms with van der Waals surface area (Å²) < 4.78 is 0. The fraction of sp³-hybridized carbons (Fsp3) is 0.975. The molecule has 0 atom stereocenters. The first-order valence-electron chi connectivity index (χ1n) is 19.7. The third-order valence-corrected chi connectivity index (χ3v) is 9.96. The van der Waals surface area contributed by atoms with Crippen LogP contribution in [0.4, 0.5) is 0 Å². The molecule has 0 amide bonds. The summed E-state index contributed by atoms with van der Waals surface area (Å²) in [5.74, 6) is 0.